The minimum absolute atomic E-state index is 0.0258. The highest BCUT2D eigenvalue weighted by molar-refractivity contribution is 5.95. The average Bonchev–Trinajstić information content (AvgIpc) is 3.15. The van der Waals surface area contributed by atoms with Gasteiger partial charge in [0, 0.05) is 12.8 Å². The molecule has 0 radical (unpaired) electrons. The van der Waals surface area contributed by atoms with Crippen molar-refractivity contribution < 1.29 is 28.9 Å². The average molecular weight is 431 g/mol. The Kier molecular flexibility index (Phi) is 4.19. The van der Waals surface area contributed by atoms with Crippen molar-refractivity contribution in [2.75, 3.05) is 6.61 Å². The van der Waals surface area contributed by atoms with Crippen LogP contribution < -0.4 is 0 Å². The van der Waals surface area contributed by atoms with E-state index >= 15 is 0 Å². The molecule has 0 aromatic carbocycles. The van der Waals surface area contributed by atoms with Crippen LogP contribution in [0.4, 0.5) is 0 Å². The maximum Gasteiger partial charge on any atom is 0.303 e. The maximum absolute atomic E-state index is 14.4. The quantitative estimate of drug-likeness (QED) is 0.508. The number of carbonyl (C=O) groups is 2. The third-order valence-corrected chi connectivity index (χ3v) is 8.95. The topological polar surface area (TPSA) is 82.1 Å². The summed E-state index contributed by atoms with van der Waals surface area (Å²) in [7, 11) is 0. The van der Waals surface area contributed by atoms with Gasteiger partial charge in [-0.3, -0.25) is 9.59 Å². The SMILES string of the molecule is CC(=O)OC1C(C)=CC23C(=O)C(C=C4COC(C)(C)OC4C12O)C1C(CC3C)C1(C)C. The third-order valence-electron chi connectivity index (χ3n) is 8.95. The number of esters is 1. The fourth-order valence-corrected chi connectivity index (χ4v) is 7.47. The molecule has 1 aliphatic heterocycles. The molecule has 8 unspecified atom stereocenters. The first-order chi connectivity index (χ1) is 14.3. The lowest BCUT2D eigenvalue weighted by Gasteiger charge is -2.52. The van der Waals surface area contributed by atoms with Crippen LogP contribution in [-0.2, 0) is 23.8 Å². The van der Waals surface area contributed by atoms with Crippen LogP contribution >= 0.6 is 0 Å². The molecule has 170 valence electrons. The molecule has 5 rings (SSSR count). The van der Waals surface area contributed by atoms with Gasteiger partial charge in [0.15, 0.2) is 23.3 Å². The number of aliphatic hydroxyl groups is 1. The number of carbonyl (C=O) groups excluding carboxylic acids is 2. The Labute approximate surface area is 184 Å². The predicted molar refractivity (Wildman–Crippen MR) is 113 cm³/mol. The highest BCUT2D eigenvalue weighted by Crippen LogP contribution is 2.72. The molecule has 0 aromatic heterocycles. The van der Waals surface area contributed by atoms with Crippen molar-refractivity contribution in [3.05, 3.63) is 23.3 Å². The summed E-state index contributed by atoms with van der Waals surface area (Å²) in [6.45, 7) is 13.6. The highest BCUT2D eigenvalue weighted by Gasteiger charge is 2.77. The number of hydrogen-bond acceptors (Lipinski definition) is 6. The van der Waals surface area contributed by atoms with Crippen molar-refractivity contribution in [2.45, 2.75) is 78.5 Å². The first-order valence-corrected chi connectivity index (χ1v) is 11.4. The van der Waals surface area contributed by atoms with E-state index in [1.165, 1.54) is 6.92 Å². The van der Waals surface area contributed by atoms with E-state index in [2.05, 4.69) is 20.8 Å². The molecule has 2 bridgehead atoms. The lowest BCUT2D eigenvalue weighted by molar-refractivity contribution is -0.303. The molecule has 2 saturated carbocycles. The van der Waals surface area contributed by atoms with Gasteiger partial charge in [-0.1, -0.05) is 32.9 Å². The molecule has 0 amide bonds. The Hall–Kier alpha value is -1.50. The van der Waals surface area contributed by atoms with Gasteiger partial charge in [-0.05, 0) is 61.5 Å². The number of ether oxygens (including phenoxy) is 3. The molecule has 1 saturated heterocycles. The van der Waals surface area contributed by atoms with E-state index in [1.54, 1.807) is 0 Å². The van der Waals surface area contributed by atoms with Gasteiger partial charge in [-0.25, -0.2) is 0 Å². The maximum atomic E-state index is 14.4. The normalized spacial score (nSPS) is 48.8. The molecule has 1 heterocycles. The standard InChI is InChI=1S/C25H34O6/c1-12-10-24-13(2)8-17-18(22(17,4)5)16(19(24)27)9-15-11-29-23(6,7)31-21(15)25(24,28)20(12)30-14(3)26/h9-10,13,16-18,20-21,28H,8,11H2,1-7H3. The summed E-state index contributed by atoms with van der Waals surface area (Å²) in [4.78, 5) is 26.4. The lowest BCUT2D eigenvalue weighted by Crippen LogP contribution is -2.68. The van der Waals surface area contributed by atoms with Crippen LogP contribution in [0.1, 0.15) is 54.9 Å². The van der Waals surface area contributed by atoms with Gasteiger partial charge in [0.2, 0.25) is 0 Å². The number of ketones is 1. The van der Waals surface area contributed by atoms with Gasteiger partial charge in [-0.2, -0.15) is 0 Å². The van der Waals surface area contributed by atoms with Gasteiger partial charge in [0.1, 0.15) is 6.10 Å². The number of allylic oxidation sites excluding steroid dienone is 1. The van der Waals surface area contributed by atoms with Crippen molar-refractivity contribution in [1.29, 1.82) is 0 Å². The predicted octanol–water partition coefficient (Wildman–Crippen LogP) is 3.18. The fourth-order valence-electron chi connectivity index (χ4n) is 7.47. The van der Waals surface area contributed by atoms with Gasteiger partial charge >= 0.3 is 5.97 Å². The van der Waals surface area contributed by atoms with Crippen molar-refractivity contribution in [2.24, 2.45) is 34.5 Å². The van der Waals surface area contributed by atoms with Crippen LogP contribution in [0.25, 0.3) is 0 Å². The number of fused-ring (bicyclic) bond motifs is 5. The minimum Gasteiger partial charge on any atom is -0.455 e. The summed E-state index contributed by atoms with van der Waals surface area (Å²) in [6, 6.07) is 0. The third kappa shape index (κ3) is 2.50. The second-order valence-corrected chi connectivity index (χ2v) is 11.5. The lowest BCUT2D eigenvalue weighted by atomic mass is 9.59. The Morgan fingerprint density at radius 2 is 1.94 bits per heavy atom. The first kappa shape index (κ1) is 21.4. The van der Waals surface area contributed by atoms with Crippen LogP contribution in [0.15, 0.2) is 23.3 Å². The second-order valence-electron chi connectivity index (χ2n) is 11.5. The molecule has 6 nitrogen and oxygen atoms in total. The van der Waals surface area contributed by atoms with Crippen LogP contribution in [0.2, 0.25) is 0 Å². The highest BCUT2D eigenvalue weighted by atomic mass is 16.7. The monoisotopic (exact) mass is 430 g/mol. The van der Waals surface area contributed by atoms with E-state index in [1.807, 2.05) is 32.9 Å². The van der Waals surface area contributed by atoms with Gasteiger partial charge < -0.3 is 19.3 Å². The van der Waals surface area contributed by atoms with E-state index in [0.29, 0.717) is 11.5 Å². The molecule has 6 heteroatoms. The van der Waals surface area contributed by atoms with E-state index in [4.69, 9.17) is 14.2 Å². The summed E-state index contributed by atoms with van der Waals surface area (Å²) in [5.74, 6) is -1.19. The van der Waals surface area contributed by atoms with Crippen molar-refractivity contribution >= 4 is 11.8 Å². The number of rotatable bonds is 1. The fraction of sp³-hybridized carbons (Fsp3) is 0.760. The Bertz CT molecular complexity index is 928. The summed E-state index contributed by atoms with van der Waals surface area (Å²) in [5, 5.41) is 12.6. The van der Waals surface area contributed by atoms with Crippen LogP contribution in [-0.4, -0.2) is 47.1 Å². The molecular formula is C25H34O6. The van der Waals surface area contributed by atoms with Crippen LogP contribution in [0.5, 0.6) is 0 Å². The van der Waals surface area contributed by atoms with Crippen molar-refractivity contribution in [3.63, 3.8) is 0 Å². The summed E-state index contributed by atoms with van der Waals surface area (Å²) < 4.78 is 18.0. The Morgan fingerprint density at radius 1 is 1.26 bits per heavy atom. The van der Waals surface area contributed by atoms with E-state index < -0.39 is 35.0 Å². The Morgan fingerprint density at radius 3 is 2.58 bits per heavy atom. The molecule has 3 fully saturated rings. The molecule has 4 aliphatic carbocycles. The zero-order chi connectivity index (χ0) is 22.7. The number of hydrogen-bond donors (Lipinski definition) is 1. The molecular weight excluding hydrogens is 396 g/mol. The van der Waals surface area contributed by atoms with Crippen molar-refractivity contribution in [3.8, 4) is 0 Å². The zero-order valence-electron chi connectivity index (χ0n) is 19.5. The van der Waals surface area contributed by atoms with Gasteiger partial charge in [0.05, 0.1) is 12.0 Å². The molecule has 8 atom stereocenters. The molecule has 5 aliphatic rings. The largest absolute Gasteiger partial charge is 0.455 e. The summed E-state index contributed by atoms with van der Waals surface area (Å²) >= 11 is 0. The summed E-state index contributed by atoms with van der Waals surface area (Å²) in [6.07, 6.45) is 3.01. The molecule has 0 aromatic rings. The van der Waals surface area contributed by atoms with Gasteiger partial charge in [0.25, 0.3) is 0 Å². The van der Waals surface area contributed by atoms with E-state index in [9.17, 15) is 14.7 Å². The Balaban J connectivity index is 1.76. The minimum atomic E-state index is -1.72. The second kappa shape index (κ2) is 6.09. The van der Waals surface area contributed by atoms with Gasteiger partial charge in [-0.15, -0.1) is 0 Å². The van der Waals surface area contributed by atoms with E-state index in [0.717, 1.165) is 12.0 Å². The van der Waals surface area contributed by atoms with E-state index in [-0.39, 0.29) is 35.6 Å². The first-order valence-electron chi connectivity index (χ1n) is 11.4. The van der Waals surface area contributed by atoms with Crippen molar-refractivity contribution in [1.82, 2.24) is 0 Å². The zero-order valence-corrected chi connectivity index (χ0v) is 19.5. The van der Waals surface area contributed by atoms with Crippen LogP contribution in [0, 0.1) is 34.5 Å². The molecule has 1 N–H and O–H groups in total. The van der Waals surface area contributed by atoms with Crippen LogP contribution in [0.3, 0.4) is 0 Å². The molecule has 31 heavy (non-hydrogen) atoms. The smallest absolute Gasteiger partial charge is 0.303 e. The summed E-state index contributed by atoms with van der Waals surface area (Å²) in [5.41, 5.74) is -1.34. The number of Topliss-reactive ketones (excluding diaryl/α,β-unsaturated/α-hetero) is 1. The molecule has 1 spiro atoms.